The first kappa shape index (κ1) is 42.4. The van der Waals surface area contributed by atoms with Crippen molar-refractivity contribution in [3.63, 3.8) is 0 Å². The maximum atomic E-state index is 12.4. The molecule has 2 aromatic heterocycles. The number of ketones is 1. The summed E-state index contributed by atoms with van der Waals surface area (Å²) in [6.07, 6.45) is 0.535. The fraction of sp³-hybridized carbons (Fsp3) is 0.133. The fourth-order valence-corrected chi connectivity index (χ4v) is 8.71. The molecular weight excluding hydrogens is 819 g/mol. The summed E-state index contributed by atoms with van der Waals surface area (Å²) in [6, 6.07) is 41.3. The Labute approximate surface area is 351 Å². The number of likely N-dealkylation sites (N-methyl/N-ethyl adjacent to an activating group) is 1. The van der Waals surface area contributed by atoms with Gasteiger partial charge in [0.2, 0.25) is 5.95 Å². The molecule has 0 saturated heterocycles. The van der Waals surface area contributed by atoms with Gasteiger partial charge in [-0.15, -0.1) is 0 Å². The van der Waals surface area contributed by atoms with Crippen molar-refractivity contribution in [1.29, 1.82) is 0 Å². The molecule has 0 spiro atoms. The topological polar surface area (TPSA) is 201 Å². The summed E-state index contributed by atoms with van der Waals surface area (Å²) < 4.78 is 69.7. The van der Waals surface area contributed by atoms with Gasteiger partial charge in [-0.2, -0.15) is 16.8 Å². The van der Waals surface area contributed by atoms with E-state index >= 15 is 0 Å². The molecule has 0 fully saturated rings. The van der Waals surface area contributed by atoms with Gasteiger partial charge in [-0.1, -0.05) is 103 Å². The summed E-state index contributed by atoms with van der Waals surface area (Å²) >= 11 is 0. The number of para-hydroxylation sites is 1. The summed E-state index contributed by atoms with van der Waals surface area (Å²) in [5.74, 6) is 0.200. The Bertz CT molecular complexity index is 3040. The largest absolute Gasteiger partial charge is 0.453 e. The number of rotatable bonds is 7. The van der Waals surface area contributed by atoms with Gasteiger partial charge in [-0.3, -0.25) is 19.2 Å². The van der Waals surface area contributed by atoms with Crippen molar-refractivity contribution < 1.29 is 40.3 Å². The first-order valence-corrected chi connectivity index (χ1v) is 21.8. The Hall–Kier alpha value is -6.69. The van der Waals surface area contributed by atoms with Crippen molar-refractivity contribution in [3.8, 4) is 0 Å². The molecule has 0 radical (unpaired) electrons. The number of nitrogens with zero attached hydrogens (tertiary/aromatic N) is 3. The van der Waals surface area contributed by atoms with Crippen molar-refractivity contribution >= 4 is 70.8 Å². The highest BCUT2D eigenvalue weighted by atomic mass is 32.2. The number of nitrogens with one attached hydrogen (secondary N) is 2. The highest BCUT2D eigenvalue weighted by Crippen LogP contribution is 2.31. The molecule has 312 valence electrons. The van der Waals surface area contributed by atoms with E-state index in [1.165, 1.54) is 59.1 Å². The van der Waals surface area contributed by atoms with Crippen molar-refractivity contribution in [2.75, 3.05) is 26.0 Å². The van der Waals surface area contributed by atoms with Crippen LogP contribution in [0, 0.1) is 0 Å². The number of benzene rings is 6. The smallest absolute Gasteiger partial charge is 0.413 e. The van der Waals surface area contributed by atoms with Gasteiger partial charge in [0.1, 0.15) is 9.79 Å². The molecule has 3 heterocycles. The minimum Gasteiger partial charge on any atom is -0.453 e. The number of hydrogen-bond donors (Lipinski definition) is 4. The number of aromatic amines is 1. The van der Waals surface area contributed by atoms with Gasteiger partial charge < -0.3 is 19.2 Å². The maximum Gasteiger partial charge on any atom is 0.413 e. The van der Waals surface area contributed by atoms with Crippen molar-refractivity contribution in [3.05, 3.63) is 167 Å². The van der Waals surface area contributed by atoms with E-state index in [0.29, 0.717) is 22.2 Å². The van der Waals surface area contributed by atoms with Crippen molar-refractivity contribution in [2.45, 2.75) is 29.3 Å². The van der Waals surface area contributed by atoms with Crippen LogP contribution < -0.4 is 5.32 Å². The zero-order valence-electron chi connectivity index (χ0n) is 33.0. The number of hydrogen-bond acceptors (Lipinski definition) is 9. The van der Waals surface area contributed by atoms with Crippen LogP contribution in [-0.4, -0.2) is 78.0 Å². The molecule has 1 aliphatic rings. The fourth-order valence-electron chi connectivity index (χ4n) is 7.30. The van der Waals surface area contributed by atoms with Crippen LogP contribution in [0.5, 0.6) is 0 Å². The monoisotopic (exact) mass is 859 g/mol. The van der Waals surface area contributed by atoms with Crippen LogP contribution in [-0.2, 0) is 44.5 Å². The lowest BCUT2D eigenvalue weighted by molar-refractivity contribution is 0.103. The van der Waals surface area contributed by atoms with Gasteiger partial charge >= 0.3 is 6.09 Å². The number of fused-ring (bicyclic) bond motifs is 5. The molecule has 4 N–H and O–H groups in total. The molecule has 16 heteroatoms. The van der Waals surface area contributed by atoms with Crippen molar-refractivity contribution in [1.82, 2.24) is 19.4 Å². The number of anilines is 1. The van der Waals surface area contributed by atoms with E-state index in [1.807, 2.05) is 18.2 Å². The quantitative estimate of drug-likeness (QED) is 0.0894. The Morgan fingerprint density at radius 2 is 1.33 bits per heavy atom. The molecule has 14 nitrogen and oxygen atoms in total. The normalized spacial score (nSPS) is 12.8. The molecule has 0 atom stereocenters. The third kappa shape index (κ3) is 9.70. The molecular formula is C45H41N5O9S2. The molecule has 1 aliphatic heterocycles. The van der Waals surface area contributed by atoms with Crippen molar-refractivity contribution in [2.24, 2.45) is 0 Å². The Balaban J connectivity index is 0.000000139. The molecule has 8 aromatic rings. The first-order chi connectivity index (χ1) is 29.2. The zero-order valence-corrected chi connectivity index (χ0v) is 34.7. The van der Waals surface area contributed by atoms with E-state index in [1.54, 1.807) is 30.3 Å². The van der Waals surface area contributed by atoms with E-state index < -0.39 is 36.1 Å². The van der Waals surface area contributed by atoms with Crippen LogP contribution in [0.4, 0.5) is 10.7 Å². The third-order valence-electron chi connectivity index (χ3n) is 10.1. The standard InChI is InChI=1S/C19H20N2.C16H13N3O3.C10H8O6S2/c1-20-12-11-19-17(14-20)16-9-5-6-10-18(16)21(19)13-15-7-3-2-4-8-15;1-22-16(21)19-15-17-12-8-7-11(9-13(12)18-15)14(20)10-5-3-2-4-6-10;11-17(12,13)9-5-1-3-7-8(9)4-2-6-10(7)18(14,15)16/h2-10H,11-14H2,1H3;2-9H,1H3,(H2,17,18,19,21);1-6H,(H,11,12,13)(H,14,15,16). The molecule has 9 rings (SSSR count). The van der Waals surface area contributed by atoms with Gasteiger partial charge in [0.15, 0.2) is 5.78 Å². The molecule has 61 heavy (non-hydrogen) atoms. The lowest BCUT2D eigenvalue weighted by Crippen LogP contribution is -2.27. The number of H-pyrrole nitrogens is 1. The van der Waals surface area contributed by atoms with Gasteiger partial charge in [-0.05, 0) is 54.6 Å². The Kier molecular flexibility index (Phi) is 12.4. The lowest BCUT2D eigenvalue weighted by atomic mass is 10.0. The second kappa shape index (κ2) is 17.9. The average Bonchev–Trinajstić information content (AvgIpc) is 3.80. The van der Waals surface area contributed by atoms with Crippen LogP contribution in [0.15, 0.2) is 149 Å². The summed E-state index contributed by atoms with van der Waals surface area (Å²) in [5, 5.41) is 3.92. The van der Waals surface area contributed by atoms with Crippen LogP contribution in [0.25, 0.3) is 32.7 Å². The second-order valence-corrected chi connectivity index (χ2v) is 17.0. The Morgan fingerprint density at radius 3 is 1.95 bits per heavy atom. The highest BCUT2D eigenvalue weighted by Gasteiger charge is 2.22. The number of amides is 1. The van der Waals surface area contributed by atoms with E-state index in [2.05, 4.69) is 91.1 Å². The lowest BCUT2D eigenvalue weighted by Gasteiger charge is -2.24. The summed E-state index contributed by atoms with van der Waals surface area (Å²) in [5.41, 5.74) is 8.28. The maximum absolute atomic E-state index is 12.4. The summed E-state index contributed by atoms with van der Waals surface area (Å²) in [6.45, 7) is 3.19. The van der Waals surface area contributed by atoms with Gasteiger partial charge in [0.25, 0.3) is 20.2 Å². The molecule has 0 bridgehead atoms. The predicted molar refractivity (Wildman–Crippen MR) is 233 cm³/mol. The zero-order chi connectivity index (χ0) is 43.3. The van der Waals surface area contributed by atoms with E-state index in [0.717, 1.165) is 38.2 Å². The number of aromatic nitrogens is 3. The molecule has 0 unspecified atom stereocenters. The first-order valence-electron chi connectivity index (χ1n) is 18.9. The summed E-state index contributed by atoms with van der Waals surface area (Å²) in [7, 11) is -5.45. The molecule has 0 aliphatic carbocycles. The number of ether oxygens (including phenoxy) is 1. The van der Waals surface area contributed by atoms with E-state index in [-0.39, 0.29) is 22.5 Å². The summed E-state index contributed by atoms with van der Waals surface area (Å²) in [4.78, 5) is 32.3. The van der Waals surface area contributed by atoms with E-state index in [9.17, 15) is 26.4 Å². The highest BCUT2D eigenvalue weighted by molar-refractivity contribution is 7.86. The molecule has 0 saturated carbocycles. The number of carbonyl (C=O) groups is 2. The van der Waals surface area contributed by atoms with Crippen LogP contribution >= 0.6 is 0 Å². The number of imidazole rings is 1. The minimum absolute atomic E-state index is 0.0233. The van der Waals surface area contributed by atoms with Gasteiger partial charge in [-0.25, -0.2) is 9.78 Å². The average molecular weight is 860 g/mol. The van der Waals surface area contributed by atoms with Gasteiger partial charge in [0, 0.05) is 64.6 Å². The van der Waals surface area contributed by atoms with Crippen LogP contribution in [0.2, 0.25) is 0 Å². The third-order valence-corrected chi connectivity index (χ3v) is 11.9. The van der Waals surface area contributed by atoms with Gasteiger partial charge in [0.05, 0.1) is 18.1 Å². The van der Waals surface area contributed by atoms with Crippen LogP contribution in [0.3, 0.4) is 0 Å². The number of carbonyl (C=O) groups excluding carboxylic acids is 2. The molecule has 1 amide bonds. The predicted octanol–water partition coefficient (Wildman–Crippen LogP) is 7.98. The second-order valence-electron chi connectivity index (χ2n) is 14.2. The SMILES string of the molecule is CN1CCc2c(c3ccccc3n2Cc2ccccc2)C1.COC(=O)Nc1nc2ccc(C(=O)c3ccccc3)cc2[nH]1.O=S(=O)(O)c1cccc2c(S(=O)(=O)O)cccc12. The van der Waals surface area contributed by atoms with Crippen LogP contribution in [0.1, 0.15) is 32.7 Å². The molecule has 6 aromatic carbocycles. The number of methoxy groups -OCH3 is 1. The Morgan fingerprint density at radius 1 is 0.738 bits per heavy atom. The minimum atomic E-state index is -4.47. The van der Waals surface area contributed by atoms with E-state index in [4.69, 9.17) is 9.11 Å².